The number of hydrogen-bond acceptors (Lipinski definition) is 4. The van der Waals surface area contributed by atoms with Gasteiger partial charge < -0.3 is 18.9 Å². The minimum absolute atomic E-state index is 0.0418. The third-order valence-corrected chi connectivity index (χ3v) is 9.68. The van der Waals surface area contributed by atoms with Crippen LogP contribution in [0.4, 0.5) is 0 Å². The van der Waals surface area contributed by atoms with Gasteiger partial charge in [-0.25, -0.2) is 0 Å². The summed E-state index contributed by atoms with van der Waals surface area (Å²) in [4.78, 5) is 0. The molecule has 2 aliphatic rings. The number of rotatable bonds is 8. The van der Waals surface area contributed by atoms with Crippen LogP contribution in [0.1, 0.15) is 47.9 Å². The Morgan fingerprint density at radius 1 is 0.375 bits per heavy atom. The van der Waals surface area contributed by atoms with E-state index in [0.717, 1.165) is 48.7 Å². The first kappa shape index (κ1) is 26.3. The molecule has 6 rings (SSSR count). The molecule has 4 nitrogen and oxygen atoms in total. The number of hydrogen-bond donors (Lipinski definition) is 0. The summed E-state index contributed by atoms with van der Waals surface area (Å²) in [5, 5.41) is 0. The predicted octanol–water partition coefficient (Wildman–Crippen LogP) is 7.81. The summed E-state index contributed by atoms with van der Waals surface area (Å²) in [6, 6.07) is 35.0. The summed E-state index contributed by atoms with van der Waals surface area (Å²) in [6.45, 7) is 0. The third kappa shape index (κ3) is 4.40. The molecule has 0 radical (unpaired) electrons. The van der Waals surface area contributed by atoms with Crippen molar-refractivity contribution < 1.29 is 18.9 Å². The fraction of sp³-hybridized carbons (Fsp3) is 0.333. The second kappa shape index (κ2) is 10.6. The first-order valence-electron chi connectivity index (χ1n) is 14.1. The molecule has 206 valence electrons. The lowest BCUT2D eigenvalue weighted by atomic mass is 9.67. The normalized spacial score (nSPS) is 20.5. The number of ether oxygens (including phenoxy) is 4. The molecule has 0 aliphatic heterocycles. The van der Waals surface area contributed by atoms with E-state index in [9.17, 15) is 0 Å². The summed E-state index contributed by atoms with van der Waals surface area (Å²) in [7, 11) is 6.91. The quantitative estimate of drug-likeness (QED) is 0.231. The van der Waals surface area contributed by atoms with Crippen molar-refractivity contribution in [3.63, 3.8) is 0 Å². The second-order valence-electron chi connectivity index (χ2n) is 11.4. The van der Waals surface area contributed by atoms with Gasteiger partial charge in [0.25, 0.3) is 0 Å². The third-order valence-electron chi connectivity index (χ3n) is 9.68. The summed E-state index contributed by atoms with van der Waals surface area (Å²) in [6.07, 6.45) is 4.46. The van der Waals surface area contributed by atoms with E-state index < -0.39 is 0 Å². The van der Waals surface area contributed by atoms with E-state index in [1.54, 1.807) is 28.4 Å². The summed E-state index contributed by atoms with van der Waals surface area (Å²) >= 11 is 0. The molecule has 40 heavy (non-hydrogen) atoms. The van der Waals surface area contributed by atoms with E-state index in [-0.39, 0.29) is 10.8 Å². The van der Waals surface area contributed by atoms with Crippen LogP contribution in [0.15, 0.2) is 97.1 Å². The zero-order chi connectivity index (χ0) is 27.7. The van der Waals surface area contributed by atoms with Gasteiger partial charge in [-0.1, -0.05) is 48.5 Å². The van der Waals surface area contributed by atoms with Crippen LogP contribution < -0.4 is 18.9 Å². The zero-order valence-electron chi connectivity index (χ0n) is 23.9. The van der Waals surface area contributed by atoms with E-state index in [2.05, 4.69) is 97.1 Å². The molecular formula is C36H38O4. The molecule has 2 saturated carbocycles. The lowest BCUT2D eigenvalue weighted by Crippen LogP contribution is -2.30. The van der Waals surface area contributed by atoms with Gasteiger partial charge in [0, 0.05) is 10.8 Å². The highest BCUT2D eigenvalue weighted by molar-refractivity contribution is 5.49. The Morgan fingerprint density at radius 2 is 0.575 bits per heavy atom. The average molecular weight is 535 g/mol. The standard InChI is InChI=1S/C36H38O4/c1-37-31-13-5-27(6-14-31)35(28-7-15-32(38-2)16-8-28)21-25-23-36(24-26(25)22-35,29-9-17-33(39-3)18-10-29)30-11-19-34(40-4)20-12-30/h5-20,25-26H,21-24H2,1-4H3. The Hall–Kier alpha value is -3.92. The molecule has 0 atom stereocenters. The van der Waals surface area contributed by atoms with Gasteiger partial charge in [-0.2, -0.15) is 0 Å². The van der Waals surface area contributed by atoms with Gasteiger partial charge in [0.05, 0.1) is 28.4 Å². The van der Waals surface area contributed by atoms with Crippen LogP contribution in [0.5, 0.6) is 23.0 Å². The number of methoxy groups -OCH3 is 4. The van der Waals surface area contributed by atoms with Gasteiger partial charge >= 0.3 is 0 Å². The molecule has 0 aromatic heterocycles. The minimum Gasteiger partial charge on any atom is -0.497 e. The van der Waals surface area contributed by atoms with E-state index in [4.69, 9.17) is 18.9 Å². The fourth-order valence-electron chi connectivity index (χ4n) is 7.68. The van der Waals surface area contributed by atoms with Crippen molar-refractivity contribution in [2.75, 3.05) is 28.4 Å². The summed E-state index contributed by atoms with van der Waals surface area (Å²) in [5.41, 5.74) is 5.39. The van der Waals surface area contributed by atoms with E-state index >= 15 is 0 Å². The SMILES string of the molecule is COc1ccc(C2(c3ccc(OC)cc3)CC3CC(c4ccc(OC)cc4)(c4ccc(OC)cc4)CC3C2)cc1. The van der Waals surface area contributed by atoms with E-state index in [0.29, 0.717) is 11.8 Å². The van der Waals surface area contributed by atoms with Crippen molar-refractivity contribution >= 4 is 0 Å². The second-order valence-corrected chi connectivity index (χ2v) is 11.4. The van der Waals surface area contributed by atoms with Crippen LogP contribution in [0.25, 0.3) is 0 Å². The number of fused-ring (bicyclic) bond motifs is 1. The van der Waals surface area contributed by atoms with Gasteiger partial charge in [-0.3, -0.25) is 0 Å². The highest BCUT2D eigenvalue weighted by atomic mass is 16.5. The van der Waals surface area contributed by atoms with E-state index in [1.165, 1.54) is 22.3 Å². The van der Waals surface area contributed by atoms with Gasteiger partial charge in [-0.15, -0.1) is 0 Å². The molecule has 2 fully saturated rings. The predicted molar refractivity (Wildman–Crippen MR) is 159 cm³/mol. The molecular weight excluding hydrogens is 496 g/mol. The molecule has 0 unspecified atom stereocenters. The maximum absolute atomic E-state index is 5.50. The molecule has 2 aliphatic carbocycles. The minimum atomic E-state index is -0.0418. The van der Waals surface area contributed by atoms with Crippen molar-refractivity contribution in [1.82, 2.24) is 0 Å². The lowest BCUT2D eigenvalue weighted by Gasteiger charge is -2.36. The Morgan fingerprint density at radius 3 is 0.750 bits per heavy atom. The van der Waals surface area contributed by atoms with Gasteiger partial charge in [0.2, 0.25) is 0 Å². The van der Waals surface area contributed by atoms with Crippen molar-refractivity contribution in [2.24, 2.45) is 11.8 Å². The maximum Gasteiger partial charge on any atom is 0.118 e. The van der Waals surface area contributed by atoms with Crippen LogP contribution in [0.3, 0.4) is 0 Å². The smallest absolute Gasteiger partial charge is 0.118 e. The van der Waals surface area contributed by atoms with Crippen LogP contribution in [-0.4, -0.2) is 28.4 Å². The molecule has 4 aromatic carbocycles. The van der Waals surface area contributed by atoms with Crippen molar-refractivity contribution in [1.29, 1.82) is 0 Å². The molecule has 0 spiro atoms. The Labute approximate surface area is 237 Å². The number of benzene rings is 4. The molecule has 0 saturated heterocycles. The lowest BCUT2D eigenvalue weighted by molar-refractivity contribution is 0.400. The highest BCUT2D eigenvalue weighted by Gasteiger charge is 2.56. The molecule has 4 aromatic rings. The monoisotopic (exact) mass is 534 g/mol. The fourth-order valence-corrected chi connectivity index (χ4v) is 7.68. The van der Waals surface area contributed by atoms with Crippen molar-refractivity contribution in [3.8, 4) is 23.0 Å². The van der Waals surface area contributed by atoms with Crippen molar-refractivity contribution in [2.45, 2.75) is 36.5 Å². The average Bonchev–Trinajstić information content (AvgIpc) is 3.56. The van der Waals surface area contributed by atoms with Gasteiger partial charge in [0.1, 0.15) is 23.0 Å². The maximum atomic E-state index is 5.50. The molecule has 4 heteroatoms. The van der Waals surface area contributed by atoms with Crippen LogP contribution in [0.2, 0.25) is 0 Å². The van der Waals surface area contributed by atoms with Crippen LogP contribution in [0, 0.1) is 11.8 Å². The van der Waals surface area contributed by atoms with Crippen LogP contribution in [-0.2, 0) is 10.8 Å². The topological polar surface area (TPSA) is 36.9 Å². The zero-order valence-corrected chi connectivity index (χ0v) is 23.9. The summed E-state index contributed by atoms with van der Waals surface area (Å²) < 4.78 is 22.0. The Kier molecular flexibility index (Phi) is 6.95. The molecule has 0 N–H and O–H groups in total. The highest BCUT2D eigenvalue weighted by Crippen LogP contribution is 2.63. The first-order chi connectivity index (χ1) is 19.5. The Balaban J connectivity index is 1.40. The Bertz CT molecular complexity index is 1200. The largest absolute Gasteiger partial charge is 0.497 e. The van der Waals surface area contributed by atoms with E-state index in [1.807, 2.05) is 0 Å². The molecule has 0 heterocycles. The van der Waals surface area contributed by atoms with Gasteiger partial charge in [0.15, 0.2) is 0 Å². The van der Waals surface area contributed by atoms with Crippen molar-refractivity contribution in [3.05, 3.63) is 119 Å². The molecule has 0 bridgehead atoms. The van der Waals surface area contributed by atoms with Gasteiger partial charge in [-0.05, 0) is 108 Å². The first-order valence-corrected chi connectivity index (χ1v) is 14.1. The van der Waals surface area contributed by atoms with Crippen LogP contribution >= 0.6 is 0 Å². The summed E-state index contributed by atoms with van der Waals surface area (Å²) in [5.74, 6) is 4.76. The molecule has 0 amide bonds.